The van der Waals surface area contributed by atoms with Crippen LogP contribution in [0.2, 0.25) is 0 Å². The van der Waals surface area contributed by atoms with Gasteiger partial charge in [-0.25, -0.2) is 4.79 Å². The zero-order valence-corrected chi connectivity index (χ0v) is 14.9. The molecule has 1 aromatic rings. The van der Waals surface area contributed by atoms with E-state index < -0.39 is 5.41 Å². The number of ether oxygens (including phenoxy) is 3. The third-order valence-corrected chi connectivity index (χ3v) is 5.16. The second-order valence-electron chi connectivity index (χ2n) is 6.45. The highest BCUT2D eigenvalue weighted by Crippen LogP contribution is 2.40. The van der Waals surface area contributed by atoms with Crippen LogP contribution < -0.4 is 9.64 Å². The fraction of sp³-hybridized carbons (Fsp3) is 0.579. The molecule has 0 aliphatic carbocycles. The van der Waals surface area contributed by atoms with Gasteiger partial charge in [0.05, 0.1) is 29.8 Å². The second-order valence-corrected chi connectivity index (χ2v) is 6.45. The molecule has 1 aromatic carbocycles. The average Bonchev–Trinajstić information content (AvgIpc) is 2.67. The minimum Gasteiger partial charge on any atom is -0.490 e. The summed E-state index contributed by atoms with van der Waals surface area (Å²) in [6, 6.07) is 5.12. The molecule has 0 unspecified atom stereocenters. The molecule has 0 bridgehead atoms. The van der Waals surface area contributed by atoms with Crippen molar-refractivity contribution in [1.82, 2.24) is 0 Å². The fourth-order valence-corrected chi connectivity index (χ4v) is 3.54. The molecule has 1 fully saturated rings. The highest BCUT2D eigenvalue weighted by atomic mass is 16.5. The molecule has 0 aromatic heterocycles. The molecule has 6 heteroatoms. The molecule has 0 N–H and O–H groups in total. The third-order valence-electron chi connectivity index (χ3n) is 5.16. The van der Waals surface area contributed by atoms with Gasteiger partial charge in [-0.05, 0) is 44.4 Å². The predicted molar refractivity (Wildman–Crippen MR) is 93.0 cm³/mol. The zero-order chi connectivity index (χ0) is 17.9. The van der Waals surface area contributed by atoms with Gasteiger partial charge >= 0.3 is 5.97 Å². The van der Waals surface area contributed by atoms with E-state index in [0.29, 0.717) is 50.0 Å². The van der Waals surface area contributed by atoms with Gasteiger partial charge in [0.25, 0.3) is 0 Å². The predicted octanol–water partition coefficient (Wildman–Crippen LogP) is 2.80. The Morgan fingerprint density at radius 2 is 1.96 bits per heavy atom. The van der Waals surface area contributed by atoms with E-state index in [0.717, 1.165) is 19.3 Å². The van der Waals surface area contributed by atoms with Gasteiger partial charge in [-0.1, -0.05) is 6.92 Å². The summed E-state index contributed by atoms with van der Waals surface area (Å²) in [4.78, 5) is 27.2. The molecule has 2 heterocycles. The number of carbonyl (C=O) groups is 2. The van der Waals surface area contributed by atoms with Crippen LogP contribution >= 0.6 is 0 Å². The molecule has 6 nitrogen and oxygen atoms in total. The van der Waals surface area contributed by atoms with Gasteiger partial charge in [0.1, 0.15) is 12.4 Å². The van der Waals surface area contributed by atoms with Crippen molar-refractivity contribution in [2.75, 3.05) is 37.9 Å². The lowest BCUT2D eigenvalue weighted by Crippen LogP contribution is -2.49. The summed E-state index contributed by atoms with van der Waals surface area (Å²) < 4.78 is 16.2. The van der Waals surface area contributed by atoms with Crippen LogP contribution in [0.3, 0.4) is 0 Å². The smallest absolute Gasteiger partial charge is 0.338 e. The molecule has 3 rings (SSSR count). The van der Waals surface area contributed by atoms with Crippen LogP contribution in [0.25, 0.3) is 0 Å². The van der Waals surface area contributed by atoms with E-state index in [1.807, 2.05) is 0 Å². The Labute approximate surface area is 148 Å². The molecule has 0 radical (unpaired) electrons. The standard InChI is InChI=1S/C19H25NO5/c1-3-19(7-10-23-11-8-19)18(22)20-9-12-25-16-6-5-14(13-15(16)20)17(21)24-4-2/h5-6,13H,3-4,7-12H2,1-2H3. The number of hydrogen-bond donors (Lipinski definition) is 0. The molecule has 0 spiro atoms. The highest BCUT2D eigenvalue weighted by Gasteiger charge is 2.42. The highest BCUT2D eigenvalue weighted by molar-refractivity contribution is 6.01. The second kappa shape index (κ2) is 7.44. The normalized spacial score (nSPS) is 18.9. The Balaban J connectivity index is 1.93. The monoisotopic (exact) mass is 347 g/mol. The lowest BCUT2D eigenvalue weighted by Gasteiger charge is -2.40. The molecule has 136 valence electrons. The van der Waals surface area contributed by atoms with Gasteiger partial charge in [-0.2, -0.15) is 0 Å². The number of esters is 1. The summed E-state index contributed by atoms with van der Waals surface area (Å²) in [5.41, 5.74) is 0.690. The van der Waals surface area contributed by atoms with Crippen molar-refractivity contribution in [3.05, 3.63) is 23.8 Å². The molecule has 2 aliphatic heterocycles. The topological polar surface area (TPSA) is 65.1 Å². The fourth-order valence-electron chi connectivity index (χ4n) is 3.54. The van der Waals surface area contributed by atoms with Crippen molar-refractivity contribution in [1.29, 1.82) is 0 Å². The molecule has 0 saturated carbocycles. The summed E-state index contributed by atoms with van der Waals surface area (Å²) in [5, 5.41) is 0. The molecule has 25 heavy (non-hydrogen) atoms. The van der Waals surface area contributed by atoms with Crippen LogP contribution in [0, 0.1) is 5.41 Å². The zero-order valence-electron chi connectivity index (χ0n) is 14.9. The van der Waals surface area contributed by atoms with E-state index in [-0.39, 0.29) is 11.9 Å². The average molecular weight is 347 g/mol. The Kier molecular flexibility index (Phi) is 5.27. The number of benzene rings is 1. The molecule has 1 amide bonds. The number of carbonyl (C=O) groups excluding carboxylic acids is 2. The van der Waals surface area contributed by atoms with Crippen molar-refractivity contribution >= 4 is 17.6 Å². The molecule has 2 aliphatic rings. The van der Waals surface area contributed by atoms with Crippen molar-refractivity contribution < 1.29 is 23.8 Å². The number of amides is 1. The molecule has 0 atom stereocenters. The Morgan fingerprint density at radius 3 is 2.64 bits per heavy atom. The molecular weight excluding hydrogens is 322 g/mol. The molecule has 1 saturated heterocycles. The SMILES string of the molecule is CCOC(=O)c1ccc2c(c1)N(C(=O)C1(CC)CCOCC1)CCO2. The largest absolute Gasteiger partial charge is 0.490 e. The lowest BCUT2D eigenvalue weighted by atomic mass is 9.76. The lowest BCUT2D eigenvalue weighted by molar-refractivity contribution is -0.134. The van der Waals surface area contributed by atoms with E-state index in [1.165, 1.54) is 0 Å². The van der Waals surface area contributed by atoms with Gasteiger partial charge in [0.15, 0.2) is 0 Å². The summed E-state index contributed by atoms with van der Waals surface area (Å²) in [7, 11) is 0. The first kappa shape index (κ1) is 17.7. The van der Waals surface area contributed by atoms with Crippen LogP contribution in [-0.4, -0.2) is 44.8 Å². The number of anilines is 1. The van der Waals surface area contributed by atoms with E-state index in [2.05, 4.69) is 6.92 Å². The summed E-state index contributed by atoms with van der Waals surface area (Å²) >= 11 is 0. The van der Waals surface area contributed by atoms with Crippen LogP contribution in [0.15, 0.2) is 18.2 Å². The number of hydrogen-bond acceptors (Lipinski definition) is 5. The Bertz CT molecular complexity index is 651. The molecular formula is C19H25NO5. The first-order valence-electron chi connectivity index (χ1n) is 8.95. The number of rotatable bonds is 4. The van der Waals surface area contributed by atoms with Crippen LogP contribution in [0.5, 0.6) is 5.75 Å². The maximum Gasteiger partial charge on any atom is 0.338 e. The van der Waals surface area contributed by atoms with Crippen LogP contribution in [-0.2, 0) is 14.3 Å². The van der Waals surface area contributed by atoms with Gasteiger partial charge < -0.3 is 19.1 Å². The van der Waals surface area contributed by atoms with E-state index in [1.54, 1.807) is 30.0 Å². The van der Waals surface area contributed by atoms with Gasteiger partial charge in [-0.15, -0.1) is 0 Å². The Hall–Kier alpha value is -2.08. The van der Waals surface area contributed by atoms with Crippen molar-refractivity contribution in [3.8, 4) is 5.75 Å². The van der Waals surface area contributed by atoms with E-state index in [4.69, 9.17) is 14.2 Å². The van der Waals surface area contributed by atoms with Gasteiger partial charge in [0.2, 0.25) is 5.91 Å². The number of fused-ring (bicyclic) bond motifs is 1. The Morgan fingerprint density at radius 1 is 1.20 bits per heavy atom. The van der Waals surface area contributed by atoms with Gasteiger partial charge in [-0.3, -0.25) is 4.79 Å². The number of nitrogens with zero attached hydrogens (tertiary/aromatic N) is 1. The summed E-state index contributed by atoms with van der Waals surface area (Å²) in [5.74, 6) is 0.342. The van der Waals surface area contributed by atoms with Crippen molar-refractivity contribution in [2.24, 2.45) is 5.41 Å². The van der Waals surface area contributed by atoms with Gasteiger partial charge in [0, 0.05) is 13.2 Å². The van der Waals surface area contributed by atoms with E-state index >= 15 is 0 Å². The summed E-state index contributed by atoms with van der Waals surface area (Å²) in [6.07, 6.45) is 2.23. The van der Waals surface area contributed by atoms with Crippen molar-refractivity contribution in [2.45, 2.75) is 33.1 Å². The van der Waals surface area contributed by atoms with Crippen LogP contribution in [0.4, 0.5) is 5.69 Å². The summed E-state index contributed by atoms with van der Waals surface area (Å²) in [6.45, 7) is 6.30. The maximum absolute atomic E-state index is 13.4. The quantitative estimate of drug-likeness (QED) is 0.784. The van der Waals surface area contributed by atoms with E-state index in [9.17, 15) is 9.59 Å². The maximum atomic E-state index is 13.4. The third kappa shape index (κ3) is 3.35. The first-order chi connectivity index (χ1) is 12.1. The minimum absolute atomic E-state index is 0.101. The van der Waals surface area contributed by atoms with Crippen molar-refractivity contribution in [3.63, 3.8) is 0 Å². The first-order valence-corrected chi connectivity index (χ1v) is 8.95. The van der Waals surface area contributed by atoms with Crippen LogP contribution in [0.1, 0.15) is 43.5 Å². The minimum atomic E-state index is -0.396.